The summed E-state index contributed by atoms with van der Waals surface area (Å²) in [4.78, 5) is 19.2. The number of hydrogen-bond acceptors (Lipinski definition) is 4. The third kappa shape index (κ3) is 3.78. The van der Waals surface area contributed by atoms with Crippen LogP contribution in [0.4, 0.5) is 5.95 Å². The van der Waals surface area contributed by atoms with E-state index in [0.29, 0.717) is 12.5 Å². The Hall–Kier alpha value is -2.43. The highest BCUT2D eigenvalue weighted by molar-refractivity contribution is 5.67. The van der Waals surface area contributed by atoms with Crippen LogP contribution in [0.15, 0.2) is 30.3 Å². The Morgan fingerprint density at radius 1 is 1.20 bits per heavy atom. The Morgan fingerprint density at radius 3 is 2.55 bits per heavy atom. The lowest BCUT2D eigenvalue weighted by atomic mass is 10.1. The molecule has 0 saturated carbocycles. The average molecular weight is 271 g/mol. The molecule has 0 aliphatic rings. The number of nitrogens with one attached hydrogen (secondary N) is 1. The summed E-state index contributed by atoms with van der Waals surface area (Å²) in [5, 5.41) is 11.6. The van der Waals surface area contributed by atoms with Gasteiger partial charge in [0.05, 0.1) is 12.1 Å². The number of aryl methyl sites for hydroxylation is 2. The van der Waals surface area contributed by atoms with E-state index in [4.69, 9.17) is 5.11 Å². The number of carboxylic acids is 1. The molecule has 1 aromatic carbocycles. The predicted molar refractivity (Wildman–Crippen MR) is 77.7 cm³/mol. The summed E-state index contributed by atoms with van der Waals surface area (Å²) < 4.78 is 0. The molecule has 0 aliphatic carbocycles. The molecule has 0 atom stereocenters. The molecule has 0 aliphatic heterocycles. The van der Waals surface area contributed by atoms with Crippen LogP contribution in [0, 0.1) is 13.8 Å². The van der Waals surface area contributed by atoms with Crippen molar-refractivity contribution in [1.82, 2.24) is 9.97 Å². The normalized spacial score (nSPS) is 10.3. The quantitative estimate of drug-likeness (QED) is 0.874. The molecule has 2 rings (SSSR count). The van der Waals surface area contributed by atoms with Gasteiger partial charge in [0, 0.05) is 17.8 Å². The van der Waals surface area contributed by atoms with Crippen molar-refractivity contribution in [3.8, 4) is 11.3 Å². The molecule has 0 bridgehead atoms. The highest BCUT2D eigenvalue weighted by Crippen LogP contribution is 2.19. The van der Waals surface area contributed by atoms with E-state index in [1.165, 1.54) is 5.56 Å². The number of carboxylic acid groups (broad SMARTS) is 1. The maximum absolute atomic E-state index is 10.5. The fourth-order valence-electron chi connectivity index (χ4n) is 1.80. The van der Waals surface area contributed by atoms with Gasteiger partial charge in [0.25, 0.3) is 0 Å². The molecule has 20 heavy (non-hydrogen) atoms. The van der Waals surface area contributed by atoms with Crippen molar-refractivity contribution in [2.24, 2.45) is 0 Å². The zero-order valence-electron chi connectivity index (χ0n) is 11.6. The third-order valence-electron chi connectivity index (χ3n) is 2.82. The second kappa shape index (κ2) is 6.14. The number of rotatable bonds is 5. The second-order valence-electron chi connectivity index (χ2n) is 4.65. The van der Waals surface area contributed by atoms with Gasteiger partial charge >= 0.3 is 5.97 Å². The lowest BCUT2D eigenvalue weighted by Crippen LogP contribution is -2.10. The molecule has 0 fully saturated rings. The Kier molecular flexibility index (Phi) is 4.30. The average Bonchev–Trinajstić information content (AvgIpc) is 2.38. The van der Waals surface area contributed by atoms with Crippen molar-refractivity contribution in [1.29, 1.82) is 0 Å². The number of hydrogen-bond donors (Lipinski definition) is 2. The summed E-state index contributed by atoms with van der Waals surface area (Å²) in [7, 11) is 0. The van der Waals surface area contributed by atoms with Crippen molar-refractivity contribution in [2.75, 3.05) is 11.9 Å². The number of benzene rings is 1. The fraction of sp³-hybridized carbons (Fsp3) is 0.267. The minimum Gasteiger partial charge on any atom is -0.481 e. The summed E-state index contributed by atoms with van der Waals surface area (Å²) in [6, 6.07) is 10.00. The van der Waals surface area contributed by atoms with E-state index in [1.54, 1.807) is 0 Å². The van der Waals surface area contributed by atoms with E-state index in [9.17, 15) is 4.79 Å². The zero-order chi connectivity index (χ0) is 14.5. The van der Waals surface area contributed by atoms with Gasteiger partial charge in [-0.15, -0.1) is 0 Å². The Balaban J connectivity index is 2.19. The van der Waals surface area contributed by atoms with Crippen LogP contribution in [0.2, 0.25) is 0 Å². The lowest BCUT2D eigenvalue weighted by Gasteiger charge is -2.07. The molecule has 0 amide bonds. The van der Waals surface area contributed by atoms with Crippen LogP contribution in [-0.4, -0.2) is 27.6 Å². The second-order valence-corrected chi connectivity index (χ2v) is 4.65. The van der Waals surface area contributed by atoms with Gasteiger partial charge in [0.2, 0.25) is 5.95 Å². The Bertz CT molecular complexity index is 609. The molecule has 0 saturated heterocycles. The molecule has 2 N–H and O–H groups in total. The van der Waals surface area contributed by atoms with E-state index in [0.717, 1.165) is 17.0 Å². The van der Waals surface area contributed by atoms with Gasteiger partial charge in [-0.1, -0.05) is 29.8 Å². The minimum atomic E-state index is -0.844. The standard InChI is InChI=1S/C15H17N3O2/c1-10-3-5-12(6-4-10)13-9-11(2)17-15(18-13)16-8-7-14(19)20/h3-6,9H,7-8H2,1-2H3,(H,19,20)(H,16,17,18). The summed E-state index contributed by atoms with van der Waals surface area (Å²) in [6.07, 6.45) is 0.0389. The predicted octanol–water partition coefficient (Wildman–Crippen LogP) is 2.65. The summed E-state index contributed by atoms with van der Waals surface area (Å²) in [5.74, 6) is -0.384. The number of carbonyl (C=O) groups is 1. The largest absolute Gasteiger partial charge is 0.481 e. The third-order valence-corrected chi connectivity index (χ3v) is 2.82. The van der Waals surface area contributed by atoms with Crippen LogP contribution in [0.5, 0.6) is 0 Å². The SMILES string of the molecule is Cc1ccc(-c2cc(C)nc(NCCC(=O)O)n2)cc1. The maximum atomic E-state index is 10.5. The van der Waals surface area contributed by atoms with E-state index in [-0.39, 0.29) is 6.42 Å². The number of nitrogens with zero attached hydrogens (tertiary/aromatic N) is 2. The zero-order valence-corrected chi connectivity index (χ0v) is 11.6. The van der Waals surface area contributed by atoms with Crippen LogP contribution < -0.4 is 5.32 Å². The molecule has 1 aromatic heterocycles. The Labute approximate surface area is 117 Å². The first kappa shape index (κ1) is 14.0. The first-order chi connectivity index (χ1) is 9.54. The van der Waals surface area contributed by atoms with Crippen LogP contribution in [0.3, 0.4) is 0 Å². The van der Waals surface area contributed by atoms with Crippen molar-refractivity contribution >= 4 is 11.9 Å². The van der Waals surface area contributed by atoms with Crippen molar-refractivity contribution < 1.29 is 9.90 Å². The van der Waals surface area contributed by atoms with Gasteiger partial charge in [-0.25, -0.2) is 9.97 Å². The number of aromatic nitrogens is 2. The molecular weight excluding hydrogens is 254 g/mol. The van der Waals surface area contributed by atoms with Gasteiger partial charge in [-0.3, -0.25) is 4.79 Å². The smallest absolute Gasteiger partial charge is 0.305 e. The highest BCUT2D eigenvalue weighted by Gasteiger charge is 2.05. The van der Waals surface area contributed by atoms with Crippen molar-refractivity contribution in [3.63, 3.8) is 0 Å². The monoisotopic (exact) mass is 271 g/mol. The summed E-state index contributed by atoms with van der Waals surface area (Å²) in [5.41, 5.74) is 3.88. The number of anilines is 1. The van der Waals surface area contributed by atoms with E-state index in [1.807, 2.05) is 44.2 Å². The van der Waals surface area contributed by atoms with Crippen molar-refractivity contribution in [2.45, 2.75) is 20.3 Å². The molecule has 0 unspecified atom stereocenters. The molecule has 2 aromatic rings. The van der Waals surface area contributed by atoms with Crippen LogP contribution in [0.25, 0.3) is 11.3 Å². The molecular formula is C15H17N3O2. The Morgan fingerprint density at radius 2 is 1.90 bits per heavy atom. The molecule has 0 spiro atoms. The van der Waals surface area contributed by atoms with Gasteiger partial charge in [-0.2, -0.15) is 0 Å². The van der Waals surface area contributed by atoms with Gasteiger partial charge in [0.15, 0.2) is 0 Å². The van der Waals surface area contributed by atoms with E-state index >= 15 is 0 Å². The highest BCUT2D eigenvalue weighted by atomic mass is 16.4. The van der Waals surface area contributed by atoms with Crippen LogP contribution in [0.1, 0.15) is 17.7 Å². The lowest BCUT2D eigenvalue weighted by molar-refractivity contribution is -0.136. The van der Waals surface area contributed by atoms with Crippen LogP contribution >= 0.6 is 0 Å². The molecule has 0 radical (unpaired) electrons. The molecule has 5 heteroatoms. The van der Waals surface area contributed by atoms with Gasteiger partial charge in [0.1, 0.15) is 0 Å². The minimum absolute atomic E-state index is 0.0389. The molecule has 1 heterocycles. The van der Waals surface area contributed by atoms with E-state index in [2.05, 4.69) is 15.3 Å². The first-order valence-electron chi connectivity index (χ1n) is 6.43. The van der Waals surface area contributed by atoms with Gasteiger partial charge < -0.3 is 10.4 Å². The van der Waals surface area contributed by atoms with Crippen molar-refractivity contribution in [3.05, 3.63) is 41.6 Å². The van der Waals surface area contributed by atoms with E-state index < -0.39 is 5.97 Å². The summed E-state index contributed by atoms with van der Waals surface area (Å²) >= 11 is 0. The van der Waals surface area contributed by atoms with Crippen LogP contribution in [-0.2, 0) is 4.79 Å². The maximum Gasteiger partial charge on any atom is 0.305 e. The topological polar surface area (TPSA) is 75.1 Å². The first-order valence-corrected chi connectivity index (χ1v) is 6.43. The van der Waals surface area contributed by atoms with Gasteiger partial charge in [-0.05, 0) is 19.9 Å². The molecule has 5 nitrogen and oxygen atoms in total. The number of aliphatic carboxylic acids is 1. The molecule has 104 valence electrons. The fourth-order valence-corrected chi connectivity index (χ4v) is 1.80. The summed E-state index contributed by atoms with van der Waals surface area (Å²) in [6.45, 7) is 4.24.